The second kappa shape index (κ2) is 5.09. The quantitative estimate of drug-likeness (QED) is 0.799. The van der Waals surface area contributed by atoms with Gasteiger partial charge in [-0.15, -0.1) is 0 Å². The first-order valence-electron chi connectivity index (χ1n) is 6.18. The lowest BCUT2D eigenvalue weighted by Crippen LogP contribution is -2.21. The van der Waals surface area contributed by atoms with Gasteiger partial charge in [0.1, 0.15) is 16.5 Å². The van der Waals surface area contributed by atoms with E-state index in [-0.39, 0.29) is 0 Å². The van der Waals surface area contributed by atoms with Crippen molar-refractivity contribution in [2.45, 2.75) is 45.3 Å². The van der Waals surface area contributed by atoms with E-state index in [1.807, 2.05) is 0 Å². The molecule has 5 heteroatoms. The molecule has 3 N–H and O–H groups in total. The van der Waals surface area contributed by atoms with E-state index < -0.39 is 6.10 Å². The van der Waals surface area contributed by atoms with Crippen molar-refractivity contribution in [2.24, 2.45) is 0 Å². The number of aromatic nitrogens is 1. The molecule has 0 bridgehead atoms. The van der Waals surface area contributed by atoms with E-state index in [4.69, 9.17) is 18.0 Å². The maximum absolute atomic E-state index is 9.52. The first-order chi connectivity index (χ1) is 8.56. The molecule has 1 heterocycles. The second-order valence-corrected chi connectivity index (χ2v) is 5.19. The van der Waals surface area contributed by atoms with Crippen LogP contribution in [0, 0.1) is 16.0 Å². The summed E-state index contributed by atoms with van der Waals surface area (Å²) in [6.45, 7) is 2.03. The maximum Gasteiger partial charge on any atom is 0.122 e. The minimum atomic E-state index is -0.535. The third kappa shape index (κ3) is 2.14. The Labute approximate surface area is 112 Å². The summed E-state index contributed by atoms with van der Waals surface area (Å²) in [6, 6.07) is 2.19. The van der Waals surface area contributed by atoms with Crippen molar-refractivity contribution >= 4 is 18.0 Å². The molecule has 1 aromatic heterocycles. The van der Waals surface area contributed by atoms with Gasteiger partial charge in [0.2, 0.25) is 0 Å². The van der Waals surface area contributed by atoms with Crippen molar-refractivity contribution < 1.29 is 5.11 Å². The zero-order valence-corrected chi connectivity index (χ0v) is 11.3. The van der Waals surface area contributed by atoms with Crippen LogP contribution >= 0.6 is 12.2 Å². The van der Waals surface area contributed by atoms with Crippen molar-refractivity contribution in [3.05, 3.63) is 21.3 Å². The van der Waals surface area contributed by atoms with Crippen molar-refractivity contribution in [2.75, 3.05) is 5.73 Å². The first kappa shape index (κ1) is 13.1. The van der Waals surface area contributed by atoms with Gasteiger partial charge in [0.25, 0.3) is 0 Å². The fourth-order valence-corrected chi connectivity index (χ4v) is 2.95. The van der Waals surface area contributed by atoms with Crippen molar-refractivity contribution in [3.63, 3.8) is 0 Å². The van der Waals surface area contributed by atoms with Gasteiger partial charge in [-0.2, -0.15) is 5.26 Å². The van der Waals surface area contributed by atoms with Crippen LogP contribution in [0.4, 0.5) is 5.82 Å². The molecule has 18 heavy (non-hydrogen) atoms. The number of aliphatic hydroxyl groups is 1. The van der Waals surface area contributed by atoms with Crippen molar-refractivity contribution in [1.29, 1.82) is 5.26 Å². The summed E-state index contributed by atoms with van der Waals surface area (Å²) in [7, 11) is 0. The number of hydrogen-bond acceptors (Lipinski definition) is 4. The zero-order valence-electron chi connectivity index (χ0n) is 10.4. The molecule has 0 fully saturated rings. The standard InChI is InChI=1S/C13H17N3OS/c1-8(17)7-16-12(15)11(6-14)9-4-2-3-5-10(9)13(16)18/h8,17H,2-5,7,15H2,1H3. The Balaban J connectivity index is 2.70. The molecule has 0 saturated carbocycles. The number of nitrogens with zero attached hydrogens (tertiary/aromatic N) is 2. The van der Waals surface area contributed by atoms with Gasteiger partial charge < -0.3 is 15.4 Å². The molecule has 1 aromatic rings. The number of fused-ring (bicyclic) bond motifs is 1. The molecule has 0 aliphatic heterocycles. The van der Waals surface area contributed by atoms with Gasteiger partial charge in [0, 0.05) is 0 Å². The lowest BCUT2D eigenvalue weighted by atomic mass is 9.90. The summed E-state index contributed by atoms with van der Waals surface area (Å²) in [4.78, 5) is 0. The summed E-state index contributed by atoms with van der Waals surface area (Å²) in [6.07, 6.45) is 3.42. The number of rotatable bonds is 2. The van der Waals surface area contributed by atoms with Crippen LogP contribution in [0.15, 0.2) is 0 Å². The molecular weight excluding hydrogens is 246 g/mol. The Kier molecular flexibility index (Phi) is 3.69. The van der Waals surface area contributed by atoms with Crippen LogP contribution in [0.3, 0.4) is 0 Å². The average Bonchev–Trinajstić information content (AvgIpc) is 2.35. The predicted molar refractivity (Wildman–Crippen MR) is 72.7 cm³/mol. The van der Waals surface area contributed by atoms with Gasteiger partial charge in [0.15, 0.2) is 0 Å². The molecule has 1 aliphatic rings. The number of nitrogen functional groups attached to an aromatic ring is 1. The molecule has 0 spiro atoms. The Hall–Kier alpha value is -1.38. The Morgan fingerprint density at radius 1 is 1.44 bits per heavy atom. The molecule has 1 unspecified atom stereocenters. The smallest absolute Gasteiger partial charge is 0.122 e. The summed E-state index contributed by atoms with van der Waals surface area (Å²) >= 11 is 5.45. The normalized spacial score (nSPS) is 15.8. The highest BCUT2D eigenvalue weighted by Crippen LogP contribution is 2.29. The molecule has 4 nitrogen and oxygen atoms in total. The largest absolute Gasteiger partial charge is 0.392 e. The molecule has 0 saturated heterocycles. The maximum atomic E-state index is 9.52. The van der Waals surface area contributed by atoms with E-state index >= 15 is 0 Å². The molecule has 1 atom stereocenters. The highest BCUT2D eigenvalue weighted by atomic mass is 32.1. The molecule has 1 aliphatic carbocycles. The number of pyridine rings is 1. The molecule has 0 amide bonds. The van der Waals surface area contributed by atoms with Crippen LogP contribution < -0.4 is 5.73 Å². The Morgan fingerprint density at radius 2 is 2.06 bits per heavy atom. The second-order valence-electron chi connectivity index (χ2n) is 4.80. The molecular formula is C13H17N3OS. The summed E-state index contributed by atoms with van der Waals surface area (Å²) in [5.74, 6) is 0.393. The Bertz CT molecular complexity index is 569. The summed E-state index contributed by atoms with van der Waals surface area (Å²) in [5.41, 5.74) is 8.66. The van der Waals surface area contributed by atoms with Crippen LogP contribution in [0.2, 0.25) is 0 Å². The van der Waals surface area contributed by atoms with Crippen molar-refractivity contribution in [1.82, 2.24) is 4.57 Å². The van der Waals surface area contributed by atoms with E-state index in [2.05, 4.69) is 6.07 Å². The van der Waals surface area contributed by atoms with Crippen LogP contribution in [-0.4, -0.2) is 15.8 Å². The molecule has 0 radical (unpaired) electrons. The Morgan fingerprint density at radius 3 is 2.61 bits per heavy atom. The van der Waals surface area contributed by atoms with E-state index in [1.165, 1.54) is 0 Å². The minimum Gasteiger partial charge on any atom is -0.392 e. The highest BCUT2D eigenvalue weighted by molar-refractivity contribution is 7.71. The summed E-state index contributed by atoms with van der Waals surface area (Å²) < 4.78 is 2.38. The molecule has 2 rings (SSSR count). The third-order valence-electron chi connectivity index (χ3n) is 3.38. The lowest BCUT2D eigenvalue weighted by molar-refractivity contribution is 0.173. The van der Waals surface area contributed by atoms with Gasteiger partial charge in [-0.25, -0.2) is 0 Å². The predicted octanol–water partition coefficient (Wildman–Crippen LogP) is 1.93. The first-order valence-corrected chi connectivity index (χ1v) is 6.59. The van der Waals surface area contributed by atoms with E-state index in [0.717, 1.165) is 36.8 Å². The fourth-order valence-electron chi connectivity index (χ4n) is 2.55. The van der Waals surface area contributed by atoms with Gasteiger partial charge in [0.05, 0.1) is 18.2 Å². The van der Waals surface area contributed by atoms with Crippen LogP contribution in [0.25, 0.3) is 0 Å². The SMILES string of the molecule is CC(O)Cn1c(N)c(C#N)c2c(c1=S)CCCC2. The number of nitriles is 1. The van der Waals surface area contributed by atoms with Crippen molar-refractivity contribution in [3.8, 4) is 6.07 Å². The number of aliphatic hydroxyl groups excluding tert-OH is 1. The number of anilines is 1. The molecule has 96 valence electrons. The minimum absolute atomic E-state index is 0.340. The third-order valence-corrected chi connectivity index (χ3v) is 3.85. The average molecular weight is 263 g/mol. The van der Waals surface area contributed by atoms with Crippen LogP contribution in [0.5, 0.6) is 0 Å². The van der Waals surface area contributed by atoms with E-state index in [9.17, 15) is 10.4 Å². The molecule has 0 aromatic carbocycles. The number of nitrogens with two attached hydrogens (primary N) is 1. The van der Waals surface area contributed by atoms with E-state index in [1.54, 1.807) is 11.5 Å². The van der Waals surface area contributed by atoms with Gasteiger partial charge in [-0.3, -0.25) is 0 Å². The van der Waals surface area contributed by atoms with Gasteiger partial charge in [-0.05, 0) is 43.7 Å². The topological polar surface area (TPSA) is 75.0 Å². The summed E-state index contributed by atoms with van der Waals surface area (Å²) in [5, 5.41) is 18.8. The van der Waals surface area contributed by atoms with E-state index in [0.29, 0.717) is 22.6 Å². The lowest BCUT2D eigenvalue weighted by Gasteiger charge is -2.23. The fraction of sp³-hybridized carbons (Fsp3) is 0.538. The zero-order chi connectivity index (χ0) is 13.3. The van der Waals surface area contributed by atoms with Gasteiger partial charge in [-0.1, -0.05) is 12.2 Å². The monoisotopic (exact) mass is 263 g/mol. The highest BCUT2D eigenvalue weighted by Gasteiger charge is 2.20. The van der Waals surface area contributed by atoms with Crippen LogP contribution in [-0.2, 0) is 19.4 Å². The number of hydrogen-bond donors (Lipinski definition) is 2. The van der Waals surface area contributed by atoms with Gasteiger partial charge >= 0.3 is 0 Å². The van der Waals surface area contributed by atoms with Crippen LogP contribution in [0.1, 0.15) is 36.5 Å².